The quantitative estimate of drug-likeness (QED) is 0.912. The molecule has 3 nitrogen and oxygen atoms in total. The zero-order valence-electron chi connectivity index (χ0n) is 10.3. The van der Waals surface area contributed by atoms with Crippen LogP contribution in [0.25, 0.3) is 0 Å². The molecule has 2 rings (SSSR count). The predicted molar refractivity (Wildman–Crippen MR) is 78.4 cm³/mol. The molecule has 2 aromatic carbocycles. The van der Waals surface area contributed by atoms with Crippen LogP contribution in [0.5, 0.6) is 0 Å². The molecule has 0 atom stereocenters. The molecule has 20 heavy (non-hydrogen) atoms. The minimum atomic E-state index is -3.94. The monoisotopic (exact) mass is 333 g/mol. The van der Waals surface area contributed by atoms with Gasteiger partial charge >= 0.3 is 0 Å². The van der Waals surface area contributed by atoms with E-state index in [1.807, 2.05) is 0 Å². The van der Waals surface area contributed by atoms with Crippen molar-refractivity contribution in [3.63, 3.8) is 0 Å². The van der Waals surface area contributed by atoms with Crippen LogP contribution in [0.2, 0.25) is 10.0 Å². The van der Waals surface area contributed by atoms with E-state index >= 15 is 0 Å². The number of aryl methyl sites for hydroxylation is 1. The van der Waals surface area contributed by atoms with Crippen LogP contribution in [0.15, 0.2) is 41.3 Å². The Balaban J connectivity index is 2.47. The zero-order valence-corrected chi connectivity index (χ0v) is 12.7. The van der Waals surface area contributed by atoms with E-state index in [9.17, 15) is 12.8 Å². The first-order chi connectivity index (χ1) is 9.31. The summed E-state index contributed by atoms with van der Waals surface area (Å²) in [5, 5.41) is 0.375. The maximum Gasteiger partial charge on any atom is 0.262 e. The van der Waals surface area contributed by atoms with Crippen LogP contribution in [0.3, 0.4) is 0 Å². The molecule has 0 unspecified atom stereocenters. The van der Waals surface area contributed by atoms with Crippen molar-refractivity contribution in [3.8, 4) is 0 Å². The van der Waals surface area contributed by atoms with Crippen LogP contribution in [-0.2, 0) is 10.0 Å². The van der Waals surface area contributed by atoms with Crippen LogP contribution in [0.1, 0.15) is 5.56 Å². The van der Waals surface area contributed by atoms with Crippen LogP contribution in [0, 0.1) is 12.7 Å². The van der Waals surface area contributed by atoms with Gasteiger partial charge in [0.15, 0.2) is 0 Å². The highest BCUT2D eigenvalue weighted by atomic mass is 35.5. The number of para-hydroxylation sites is 1. The third kappa shape index (κ3) is 3.06. The molecule has 0 bridgehead atoms. The van der Waals surface area contributed by atoms with Gasteiger partial charge in [0.1, 0.15) is 5.82 Å². The summed E-state index contributed by atoms with van der Waals surface area (Å²) in [6.45, 7) is 1.58. The third-order valence-corrected chi connectivity index (χ3v) is 4.86. The van der Waals surface area contributed by atoms with E-state index in [0.717, 1.165) is 0 Å². The maximum atomic E-state index is 13.5. The SMILES string of the molecule is Cc1cc(Cl)c(Cl)cc1S(=O)(=O)Nc1ccccc1F. The summed E-state index contributed by atoms with van der Waals surface area (Å²) >= 11 is 11.6. The second-order valence-corrected chi connectivity index (χ2v) is 6.58. The highest BCUT2D eigenvalue weighted by Gasteiger charge is 2.20. The molecular formula is C13H10Cl2FNO2S. The summed E-state index contributed by atoms with van der Waals surface area (Å²) < 4.78 is 40.2. The summed E-state index contributed by atoms with van der Waals surface area (Å²) in [4.78, 5) is -0.0462. The van der Waals surface area contributed by atoms with Gasteiger partial charge < -0.3 is 0 Å². The first-order valence-corrected chi connectivity index (χ1v) is 7.78. The van der Waals surface area contributed by atoms with Gasteiger partial charge in [-0.3, -0.25) is 4.72 Å². The summed E-state index contributed by atoms with van der Waals surface area (Å²) in [7, 11) is -3.94. The molecule has 0 fully saturated rings. The van der Waals surface area contributed by atoms with Gasteiger partial charge in [0.2, 0.25) is 0 Å². The van der Waals surface area contributed by atoms with Crippen LogP contribution in [0.4, 0.5) is 10.1 Å². The predicted octanol–water partition coefficient (Wildman–Crippen LogP) is 4.24. The smallest absolute Gasteiger partial charge is 0.262 e. The number of hydrogen-bond acceptors (Lipinski definition) is 2. The van der Waals surface area contributed by atoms with Gasteiger partial charge in [0.05, 0.1) is 20.6 Å². The van der Waals surface area contributed by atoms with Gasteiger partial charge in [0, 0.05) is 0 Å². The van der Waals surface area contributed by atoms with Crippen molar-refractivity contribution in [2.75, 3.05) is 4.72 Å². The van der Waals surface area contributed by atoms with Gasteiger partial charge in [-0.15, -0.1) is 0 Å². The topological polar surface area (TPSA) is 46.2 Å². The lowest BCUT2D eigenvalue weighted by molar-refractivity contribution is 0.598. The number of halogens is 3. The Kier molecular flexibility index (Phi) is 4.22. The van der Waals surface area contributed by atoms with E-state index in [0.29, 0.717) is 5.56 Å². The lowest BCUT2D eigenvalue weighted by atomic mass is 10.2. The molecule has 0 spiro atoms. The minimum Gasteiger partial charge on any atom is -0.277 e. The van der Waals surface area contributed by atoms with Crippen LogP contribution >= 0.6 is 23.2 Å². The van der Waals surface area contributed by atoms with Crippen molar-refractivity contribution in [2.24, 2.45) is 0 Å². The standard InChI is InChI=1S/C13H10Cl2FNO2S/c1-8-6-9(14)10(15)7-13(8)20(18,19)17-12-5-3-2-4-11(12)16/h2-7,17H,1H3. The first-order valence-electron chi connectivity index (χ1n) is 5.54. The van der Waals surface area contributed by atoms with E-state index in [2.05, 4.69) is 4.72 Å². The molecule has 0 radical (unpaired) electrons. The molecule has 0 aliphatic heterocycles. The fourth-order valence-corrected chi connectivity index (χ4v) is 3.43. The van der Waals surface area contributed by atoms with E-state index in [1.54, 1.807) is 6.92 Å². The third-order valence-electron chi connectivity index (χ3n) is 2.63. The van der Waals surface area contributed by atoms with Crippen molar-refractivity contribution in [3.05, 3.63) is 57.8 Å². The zero-order chi connectivity index (χ0) is 14.9. The molecule has 0 amide bonds. The Morgan fingerprint density at radius 1 is 1.10 bits per heavy atom. The molecule has 1 N–H and O–H groups in total. The largest absolute Gasteiger partial charge is 0.277 e. The molecule has 0 saturated carbocycles. The number of benzene rings is 2. The molecular weight excluding hydrogens is 324 g/mol. The van der Waals surface area contributed by atoms with Crippen molar-refractivity contribution < 1.29 is 12.8 Å². The Morgan fingerprint density at radius 3 is 2.35 bits per heavy atom. The number of anilines is 1. The Labute approximate surface area is 126 Å². The van der Waals surface area contributed by atoms with Crippen LogP contribution < -0.4 is 4.72 Å². The summed E-state index contributed by atoms with van der Waals surface area (Å²) in [6, 6.07) is 8.18. The summed E-state index contributed by atoms with van der Waals surface area (Å²) in [5.74, 6) is -0.659. The fourth-order valence-electron chi connectivity index (χ4n) is 1.66. The molecule has 0 aliphatic carbocycles. The number of sulfonamides is 1. The molecule has 2 aromatic rings. The molecule has 7 heteroatoms. The number of rotatable bonds is 3. The average Bonchev–Trinajstić information content (AvgIpc) is 2.36. The second-order valence-electron chi connectivity index (χ2n) is 4.12. The number of hydrogen-bond donors (Lipinski definition) is 1. The molecule has 106 valence electrons. The normalized spacial score (nSPS) is 11.4. The minimum absolute atomic E-state index is 0.0462. The van der Waals surface area contributed by atoms with Crippen molar-refractivity contribution in [1.82, 2.24) is 0 Å². The van der Waals surface area contributed by atoms with Crippen molar-refractivity contribution in [2.45, 2.75) is 11.8 Å². The highest BCUT2D eigenvalue weighted by Crippen LogP contribution is 2.29. The van der Waals surface area contributed by atoms with Gasteiger partial charge in [-0.2, -0.15) is 0 Å². The molecule has 0 aliphatic rings. The van der Waals surface area contributed by atoms with E-state index in [-0.39, 0.29) is 20.6 Å². The maximum absolute atomic E-state index is 13.5. The summed E-state index contributed by atoms with van der Waals surface area (Å²) in [5.41, 5.74) is 0.293. The second kappa shape index (κ2) is 5.60. The van der Waals surface area contributed by atoms with Gasteiger partial charge in [-0.1, -0.05) is 35.3 Å². The van der Waals surface area contributed by atoms with Gasteiger partial charge in [-0.05, 0) is 36.8 Å². The van der Waals surface area contributed by atoms with Crippen molar-refractivity contribution >= 4 is 38.9 Å². The van der Waals surface area contributed by atoms with E-state index in [4.69, 9.17) is 23.2 Å². The molecule has 0 heterocycles. The van der Waals surface area contributed by atoms with Gasteiger partial charge in [-0.25, -0.2) is 12.8 Å². The van der Waals surface area contributed by atoms with Crippen LogP contribution in [-0.4, -0.2) is 8.42 Å². The fraction of sp³-hybridized carbons (Fsp3) is 0.0769. The first kappa shape index (κ1) is 15.1. The molecule has 0 aromatic heterocycles. The van der Waals surface area contributed by atoms with Gasteiger partial charge in [0.25, 0.3) is 10.0 Å². The molecule has 0 saturated heterocycles. The van der Waals surface area contributed by atoms with E-state index in [1.165, 1.54) is 36.4 Å². The number of nitrogens with one attached hydrogen (secondary N) is 1. The van der Waals surface area contributed by atoms with E-state index < -0.39 is 15.8 Å². The lowest BCUT2D eigenvalue weighted by Crippen LogP contribution is -2.15. The van der Waals surface area contributed by atoms with Crippen molar-refractivity contribution in [1.29, 1.82) is 0 Å². The Morgan fingerprint density at radius 2 is 1.70 bits per heavy atom. The lowest BCUT2D eigenvalue weighted by Gasteiger charge is -2.12. The Hall–Kier alpha value is -1.30. The average molecular weight is 334 g/mol. The Bertz CT molecular complexity index is 763. The summed E-state index contributed by atoms with van der Waals surface area (Å²) in [6.07, 6.45) is 0. The highest BCUT2D eigenvalue weighted by molar-refractivity contribution is 7.92.